The van der Waals surface area contributed by atoms with Crippen molar-refractivity contribution in [3.8, 4) is 17.2 Å². The second-order valence-corrected chi connectivity index (χ2v) is 8.55. The van der Waals surface area contributed by atoms with Crippen LogP contribution < -0.4 is 0 Å². The van der Waals surface area contributed by atoms with Crippen LogP contribution in [0.2, 0.25) is 0 Å². The van der Waals surface area contributed by atoms with Gasteiger partial charge >= 0.3 is 0 Å². The Kier molecular flexibility index (Phi) is 6.71. The minimum Gasteiger partial charge on any atom is -0.394 e. The molecule has 0 aliphatic carbocycles. The van der Waals surface area contributed by atoms with E-state index < -0.39 is 12.1 Å². The van der Waals surface area contributed by atoms with E-state index >= 15 is 0 Å². The fourth-order valence-corrected chi connectivity index (χ4v) is 4.46. The van der Waals surface area contributed by atoms with Gasteiger partial charge in [-0.15, -0.1) is 0 Å². The number of amides is 2. The Morgan fingerprint density at radius 2 is 1.68 bits per heavy atom. The molecule has 3 atom stereocenters. The van der Waals surface area contributed by atoms with Crippen LogP contribution in [-0.4, -0.2) is 64.5 Å². The first-order chi connectivity index (χ1) is 16.4. The number of carbonyl (C=O) groups excluding carboxylic acids is 2. The lowest BCUT2D eigenvalue weighted by molar-refractivity contribution is -0.146. The number of nitrogens with zero attached hydrogens (tertiary/aromatic N) is 4. The van der Waals surface area contributed by atoms with Crippen LogP contribution in [-0.2, 0) is 11.2 Å². The number of aliphatic hydroxyl groups excluding tert-OH is 1. The average molecular weight is 455 g/mol. The van der Waals surface area contributed by atoms with E-state index in [-0.39, 0.29) is 30.8 Å². The van der Waals surface area contributed by atoms with Gasteiger partial charge in [-0.3, -0.25) is 14.6 Å². The van der Waals surface area contributed by atoms with Gasteiger partial charge in [0.2, 0.25) is 5.91 Å². The van der Waals surface area contributed by atoms with Gasteiger partial charge in [-0.2, -0.15) is 5.26 Å². The van der Waals surface area contributed by atoms with Crippen molar-refractivity contribution >= 4 is 11.8 Å². The number of hydrogen-bond acceptors (Lipinski definition) is 5. The summed E-state index contributed by atoms with van der Waals surface area (Å²) in [5, 5.41) is 19.8. The molecule has 2 aromatic carbocycles. The normalized spacial score (nSPS) is 19.1. The van der Waals surface area contributed by atoms with Crippen molar-refractivity contribution in [2.45, 2.75) is 24.4 Å². The molecule has 0 unspecified atom stereocenters. The Morgan fingerprint density at radius 3 is 2.21 bits per heavy atom. The van der Waals surface area contributed by atoms with Crippen molar-refractivity contribution in [1.82, 2.24) is 14.8 Å². The van der Waals surface area contributed by atoms with Crippen molar-refractivity contribution in [3.63, 3.8) is 0 Å². The van der Waals surface area contributed by atoms with Crippen LogP contribution in [0, 0.1) is 11.3 Å². The standard InChI is InChI=1S/C27H26N4O3/c1-30(2)27(34)21-12-8-19(9-13-21)18-6-10-20(11-7-18)26-23(16-28)31(24(26)17-32)25(33)15-22-5-3-4-14-29-22/h3-14,23-24,26,32H,15,17H2,1-2H3/t23-,24+,26-/m0/s1. The summed E-state index contributed by atoms with van der Waals surface area (Å²) in [6.45, 7) is -0.222. The van der Waals surface area contributed by atoms with Crippen LogP contribution >= 0.6 is 0 Å². The van der Waals surface area contributed by atoms with Crippen molar-refractivity contribution in [3.05, 3.63) is 89.7 Å². The van der Waals surface area contributed by atoms with Crippen LogP contribution in [0.5, 0.6) is 0 Å². The van der Waals surface area contributed by atoms with Crippen LogP contribution in [0.4, 0.5) is 0 Å². The molecule has 0 radical (unpaired) electrons. The van der Waals surface area contributed by atoms with E-state index in [0.29, 0.717) is 11.3 Å². The number of nitriles is 1. The van der Waals surface area contributed by atoms with Gasteiger partial charge in [0.1, 0.15) is 6.04 Å². The fourth-order valence-electron chi connectivity index (χ4n) is 4.46. The topological polar surface area (TPSA) is 97.5 Å². The number of aliphatic hydroxyl groups is 1. The highest BCUT2D eigenvalue weighted by molar-refractivity contribution is 5.94. The molecule has 1 aromatic heterocycles. The molecule has 0 bridgehead atoms. The second kappa shape index (κ2) is 9.86. The first kappa shape index (κ1) is 23.1. The lowest BCUT2D eigenvalue weighted by Crippen LogP contribution is -2.65. The van der Waals surface area contributed by atoms with Crippen LogP contribution in [0.3, 0.4) is 0 Å². The number of rotatable bonds is 6. The number of aromatic nitrogens is 1. The summed E-state index contributed by atoms with van der Waals surface area (Å²) in [4.78, 5) is 32.2. The van der Waals surface area contributed by atoms with E-state index in [1.165, 1.54) is 9.80 Å². The number of likely N-dealkylation sites (tertiary alicyclic amines) is 1. The molecule has 172 valence electrons. The molecule has 1 aliphatic rings. The Labute approximate surface area is 198 Å². The summed E-state index contributed by atoms with van der Waals surface area (Å²) < 4.78 is 0. The molecule has 3 aromatic rings. The molecule has 1 fully saturated rings. The lowest BCUT2D eigenvalue weighted by atomic mass is 9.75. The largest absolute Gasteiger partial charge is 0.394 e. The third kappa shape index (κ3) is 4.41. The Balaban J connectivity index is 1.50. The van der Waals surface area contributed by atoms with Crippen molar-refractivity contribution in [2.24, 2.45) is 0 Å². The zero-order chi connectivity index (χ0) is 24.2. The predicted octanol–water partition coefficient (Wildman–Crippen LogP) is 2.87. The first-order valence-corrected chi connectivity index (χ1v) is 11.1. The van der Waals surface area contributed by atoms with E-state index in [1.54, 1.807) is 44.6 Å². The van der Waals surface area contributed by atoms with Gasteiger partial charge in [0.25, 0.3) is 5.91 Å². The van der Waals surface area contributed by atoms with E-state index in [2.05, 4.69) is 11.1 Å². The summed E-state index contributed by atoms with van der Waals surface area (Å²) >= 11 is 0. The van der Waals surface area contributed by atoms with Gasteiger partial charge in [-0.05, 0) is 41.0 Å². The van der Waals surface area contributed by atoms with Crippen molar-refractivity contribution in [2.75, 3.05) is 20.7 Å². The molecule has 7 nitrogen and oxygen atoms in total. The maximum absolute atomic E-state index is 12.9. The van der Waals surface area contributed by atoms with E-state index in [1.807, 2.05) is 42.5 Å². The Bertz CT molecular complexity index is 1200. The van der Waals surface area contributed by atoms with Gasteiger partial charge < -0.3 is 14.9 Å². The molecule has 1 aliphatic heterocycles. The summed E-state index contributed by atoms with van der Waals surface area (Å²) in [6.07, 6.45) is 1.72. The third-order valence-corrected chi connectivity index (χ3v) is 6.24. The highest BCUT2D eigenvalue weighted by Crippen LogP contribution is 2.41. The molecule has 1 saturated heterocycles. The van der Waals surface area contributed by atoms with Crippen LogP contribution in [0.1, 0.15) is 27.5 Å². The zero-order valence-electron chi connectivity index (χ0n) is 19.1. The Morgan fingerprint density at radius 1 is 1.03 bits per heavy atom. The maximum Gasteiger partial charge on any atom is 0.253 e. The highest BCUT2D eigenvalue weighted by Gasteiger charge is 2.51. The van der Waals surface area contributed by atoms with Gasteiger partial charge in [0.05, 0.1) is 25.1 Å². The van der Waals surface area contributed by atoms with Crippen LogP contribution in [0.25, 0.3) is 11.1 Å². The number of benzene rings is 2. The van der Waals surface area contributed by atoms with E-state index in [0.717, 1.165) is 16.7 Å². The molecular weight excluding hydrogens is 428 g/mol. The maximum atomic E-state index is 12.9. The number of carbonyl (C=O) groups is 2. The molecular formula is C27H26N4O3. The van der Waals surface area contributed by atoms with Crippen molar-refractivity contribution in [1.29, 1.82) is 5.26 Å². The molecule has 0 saturated carbocycles. The molecule has 0 spiro atoms. The van der Waals surface area contributed by atoms with Crippen molar-refractivity contribution < 1.29 is 14.7 Å². The fraction of sp³-hybridized carbons (Fsp3) is 0.259. The smallest absolute Gasteiger partial charge is 0.253 e. The van der Waals surface area contributed by atoms with Gasteiger partial charge in [-0.25, -0.2) is 0 Å². The molecule has 7 heteroatoms. The highest BCUT2D eigenvalue weighted by atomic mass is 16.3. The summed E-state index contributed by atoms with van der Waals surface area (Å²) in [6, 6.07) is 21.7. The monoisotopic (exact) mass is 454 g/mol. The molecule has 4 rings (SSSR count). The third-order valence-electron chi connectivity index (χ3n) is 6.24. The predicted molar refractivity (Wildman–Crippen MR) is 128 cm³/mol. The quantitative estimate of drug-likeness (QED) is 0.618. The number of pyridine rings is 1. The second-order valence-electron chi connectivity index (χ2n) is 8.55. The van der Waals surface area contributed by atoms with Crippen LogP contribution in [0.15, 0.2) is 72.9 Å². The van der Waals surface area contributed by atoms with E-state index in [9.17, 15) is 20.0 Å². The van der Waals surface area contributed by atoms with Gasteiger partial charge in [0.15, 0.2) is 0 Å². The van der Waals surface area contributed by atoms with Gasteiger partial charge in [0, 0.05) is 37.5 Å². The summed E-state index contributed by atoms with van der Waals surface area (Å²) in [5.41, 5.74) is 4.10. The summed E-state index contributed by atoms with van der Waals surface area (Å²) in [7, 11) is 3.44. The average Bonchev–Trinajstić information content (AvgIpc) is 2.84. The SMILES string of the molecule is CN(C)C(=O)c1ccc(-c2ccc([C@@H]3[C@@H](CO)N(C(=O)Cc4ccccn4)[C@H]3C#N)cc2)cc1. The number of hydrogen-bond donors (Lipinski definition) is 1. The van der Waals surface area contributed by atoms with E-state index in [4.69, 9.17) is 0 Å². The minimum atomic E-state index is -0.643. The molecule has 34 heavy (non-hydrogen) atoms. The minimum absolute atomic E-state index is 0.0494. The molecule has 2 heterocycles. The first-order valence-electron chi connectivity index (χ1n) is 11.1. The zero-order valence-corrected chi connectivity index (χ0v) is 19.1. The molecule has 2 amide bonds. The molecule has 1 N–H and O–H groups in total. The lowest BCUT2D eigenvalue weighted by Gasteiger charge is -2.51. The Hall–Kier alpha value is -4.02. The summed E-state index contributed by atoms with van der Waals surface area (Å²) in [5.74, 6) is -0.534. The van der Waals surface area contributed by atoms with Gasteiger partial charge in [-0.1, -0.05) is 42.5 Å².